The van der Waals surface area contributed by atoms with Gasteiger partial charge in [0.1, 0.15) is 0 Å². The van der Waals surface area contributed by atoms with Gasteiger partial charge in [-0.05, 0) is 26.9 Å². The van der Waals surface area contributed by atoms with Gasteiger partial charge >= 0.3 is 0 Å². The largest absolute Gasteiger partial charge is 0.379 e. The van der Waals surface area contributed by atoms with Gasteiger partial charge in [0, 0.05) is 13.2 Å². The lowest BCUT2D eigenvalue weighted by atomic mass is 10.7. The van der Waals surface area contributed by atoms with Crippen LogP contribution in [0.15, 0.2) is 0 Å². The standard InChI is InChI=1S/C6H14O2.C4H11N/c1-3-7-5-6-8-4-2;1-3-5-4-2/h3-6H2,1-2H3;5H,3-4H2,1-2H3. The van der Waals surface area contributed by atoms with Crippen molar-refractivity contribution < 1.29 is 9.47 Å². The average molecular weight is 191 g/mol. The first-order valence-electron chi connectivity index (χ1n) is 5.19. The highest BCUT2D eigenvalue weighted by molar-refractivity contribution is 4.27. The van der Waals surface area contributed by atoms with E-state index in [1.54, 1.807) is 0 Å². The lowest BCUT2D eigenvalue weighted by Gasteiger charge is -1.99. The molecule has 0 amide bonds. The van der Waals surface area contributed by atoms with Crippen molar-refractivity contribution in [1.82, 2.24) is 5.32 Å². The summed E-state index contributed by atoms with van der Waals surface area (Å²) < 4.78 is 10.0. The van der Waals surface area contributed by atoms with Gasteiger partial charge in [-0.1, -0.05) is 13.8 Å². The summed E-state index contributed by atoms with van der Waals surface area (Å²) in [6.45, 7) is 13.4. The van der Waals surface area contributed by atoms with Gasteiger partial charge in [-0.25, -0.2) is 0 Å². The highest BCUT2D eigenvalue weighted by atomic mass is 16.5. The Bertz CT molecular complexity index is 61.9. The van der Waals surface area contributed by atoms with Crippen LogP contribution in [0.3, 0.4) is 0 Å². The van der Waals surface area contributed by atoms with E-state index in [1.165, 1.54) is 0 Å². The summed E-state index contributed by atoms with van der Waals surface area (Å²) in [4.78, 5) is 0. The lowest BCUT2D eigenvalue weighted by molar-refractivity contribution is 0.0584. The van der Waals surface area contributed by atoms with E-state index < -0.39 is 0 Å². The van der Waals surface area contributed by atoms with Crippen LogP contribution < -0.4 is 5.32 Å². The molecule has 0 radical (unpaired) electrons. The minimum Gasteiger partial charge on any atom is -0.379 e. The lowest BCUT2D eigenvalue weighted by Crippen LogP contribution is -2.09. The van der Waals surface area contributed by atoms with Gasteiger partial charge in [0.2, 0.25) is 0 Å². The van der Waals surface area contributed by atoms with Crippen LogP contribution in [0.2, 0.25) is 0 Å². The van der Waals surface area contributed by atoms with E-state index in [0.29, 0.717) is 0 Å². The fraction of sp³-hybridized carbons (Fsp3) is 1.00. The van der Waals surface area contributed by atoms with Crippen molar-refractivity contribution in [1.29, 1.82) is 0 Å². The molecule has 0 heterocycles. The number of nitrogens with one attached hydrogen (secondary N) is 1. The third kappa shape index (κ3) is 24.5. The number of ether oxygens (including phenoxy) is 2. The summed E-state index contributed by atoms with van der Waals surface area (Å²) in [6.07, 6.45) is 0. The summed E-state index contributed by atoms with van der Waals surface area (Å²) >= 11 is 0. The summed E-state index contributed by atoms with van der Waals surface area (Å²) in [7, 11) is 0. The molecular formula is C10H25NO2. The van der Waals surface area contributed by atoms with Gasteiger partial charge in [-0.3, -0.25) is 0 Å². The first-order valence-corrected chi connectivity index (χ1v) is 5.19. The normalized spacial score (nSPS) is 9.23. The van der Waals surface area contributed by atoms with Crippen molar-refractivity contribution in [2.75, 3.05) is 39.5 Å². The van der Waals surface area contributed by atoms with Gasteiger partial charge in [-0.2, -0.15) is 0 Å². The van der Waals surface area contributed by atoms with Crippen LogP contribution >= 0.6 is 0 Å². The van der Waals surface area contributed by atoms with Crippen molar-refractivity contribution in [3.05, 3.63) is 0 Å². The molecule has 0 saturated carbocycles. The van der Waals surface area contributed by atoms with Crippen LogP contribution in [0.1, 0.15) is 27.7 Å². The molecule has 0 unspecified atom stereocenters. The van der Waals surface area contributed by atoms with Crippen molar-refractivity contribution in [2.45, 2.75) is 27.7 Å². The Balaban J connectivity index is 0. The predicted molar refractivity (Wildman–Crippen MR) is 57.2 cm³/mol. The van der Waals surface area contributed by atoms with E-state index in [1.807, 2.05) is 13.8 Å². The van der Waals surface area contributed by atoms with Crippen LogP contribution in [0.5, 0.6) is 0 Å². The quantitative estimate of drug-likeness (QED) is 0.621. The molecule has 0 spiro atoms. The molecule has 0 aromatic carbocycles. The van der Waals surface area contributed by atoms with Crippen LogP contribution in [0, 0.1) is 0 Å². The monoisotopic (exact) mass is 191 g/mol. The molecule has 0 aromatic rings. The van der Waals surface area contributed by atoms with E-state index in [4.69, 9.17) is 9.47 Å². The molecular weight excluding hydrogens is 166 g/mol. The van der Waals surface area contributed by atoms with Crippen molar-refractivity contribution in [2.24, 2.45) is 0 Å². The Kier molecular flexibility index (Phi) is 21.1. The second-order valence-corrected chi connectivity index (χ2v) is 2.35. The molecule has 1 N–H and O–H groups in total. The predicted octanol–water partition coefficient (Wildman–Crippen LogP) is 1.68. The van der Waals surface area contributed by atoms with Crippen molar-refractivity contribution >= 4 is 0 Å². The zero-order chi connectivity index (χ0) is 10.4. The molecule has 0 aliphatic rings. The Morgan fingerprint density at radius 1 is 0.769 bits per heavy atom. The van der Waals surface area contributed by atoms with E-state index in [0.717, 1.165) is 39.5 Å². The second-order valence-electron chi connectivity index (χ2n) is 2.35. The van der Waals surface area contributed by atoms with E-state index in [9.17, 15) is 0 Å². The molecule has 0 atom stereocenters. The molecule has 0 bridgehead atoms. The SMILES string of the molecule is CCNCC.CCOCCOCC. The zero-order valence-electron chi connectivity index (χ0n) is 9.56. The highest BCUT2D eigenvalue weighted by Crippen LogP contribution is 1.75. The maximum absolute atomic E-state index is 5.01. The molecule has 82 valence electrons. The van der Waals surface area contributed by atoms with Crippen molar-refractivity contribution in [3.63, 3.8) is 0 Å². The Morgan fingerprint density at radius 2 is 1.15 bits per heavy atom. The minimum atomic E-state index is 0.727. The molecule has 0 aromatic heterocycles. The molecule has 13 heavy (non-hydrogen) atoms. The molecule has 0 fully saturated rings. The summed E-state index contributed by atoms with van der Waals surface area (Å²) in [6, 6.07) is 0. The third-order valence-electron chi connectivity index (χ3n) is 1.28. The van der Waals surface area contributed by atoms with Crippen LogP contribution in [0.25, 0.3) is 0 Å². The Labute approximate surface area is 82.8 Å². The van der Waals surface area contributed by atoms with Crippen LogP contribution in [-0.2, 0) is 9.47 Å². The van der Waals surface area contributed by atoms with E-state index in [2.05, 4.69) is 19.2 Å². The minimum absolute atomic E-state index is 0.727. The van der Waals surface area contributed by atoms with E-state index in [-0.39, 0.29) is 0 Å². The molecule has 3 nitrogen and oxygen atoms in total. The van der Waals surface area contributed by atoms with E-state index >= 15 is 0 Å². The topological polar surface area (TPSA) is 30.5 Å². The molecule has 0 aliphatic carbocycles. The van der Waals surface area contributed by atoms with Crippen molar-refractivity contribution in [3.8, 4) is 0 Å². The van der Waals surface area contributed by atoms with Gasteiger partial charge in [-0.15, -0.1) is 0 Å². The maximum Gasteiger partial charge on any atom is 0.0700 e. The van der Waals surface area contributed by atoms with Gasteiger partial charge in [0.15, 0.2) is 0 Å². The third-order valence-corrected chi connectivity index (χ3v) is 1.28. The summed E-state index contributed by atoms with van der Waals surface area (Å²) in [5, 5.41) is 3.11. The first-order chi connectivity index (χ1) is 6.33. The van der Waals surface area contributed by atoms with Crippen LogP contribution in [-0.4, -0.2) is 39.5 Å². The number of hydrogen-bond acceptors (Lipinski definition) is 3. The molecule has 3 heteroatoms. The smallest absolute Gasteiger partial charge is 0.0700 e. The summed E-state index contributed by atoms with van der Waals surface area (Å²) in [5.74, 6) is 0. The van der Waals surface area contributed by atoms with Gasteiger partial charge in [0.05, 0.1) is 13.2 Å². The second kappa shape index (κ2) is 17.8. The maximum atomic E-state index is 5.01. The van der Waals surface area contributed by atoms with Crippen LogP contribution in [0.4, 0.5) is 0 Å². The van der Waals surface area contributed by atoms with Gasteiger partial charge < -0.3 is 14.8 Å². The molecule has 0 saturated heterocycles. The molecule has 0 rings (SSSR count). The number of hydrogen-bond donors (Lipinski definition) is 1. The fourth-order valence-electron chi connectivity index (χ4n) is 0.657. The van der Waals surface area contributed by atoms with Gasteiger partial charge in [0.25, 0.3) is 0 Å². The fourth-order valence-corrected chi connectivity index (χ4v) is 0.657. The Morgan fingerprint density at radius 3 is 1.31 bits per heavy atom. The number of rotatable bonds is 7. The zero-order valence-corrected chi connectivity index (χ0v) is 9.56. The Hall–Kier alpha value is -0.120. The first kappa shape index (κ1) is 15.4. The summed E-state index contributed by atoms with van der Waals surface area (Å²) in [5.41, 5.74) is 0. The average Bonchev–Trinajstić information content (AvgIpc) is 2.15. The highest BCUT2D eigenvalue weighted by Gasteiger charge is 1.81. The molecule has 0 aliphatic heterocycles.